The number of aliphatic carboxylic acids is 3. The van der Waals surface area contributed by atoms with Gasteiger partial charge in [-0.15, -0.1) is 23.5 Å². The molecule has 8 rings (SSSR count). The van der Waals surface area contributed by atoms with E-state index in [4.69, 9.17) is 16.6 Å². The molecule has 6 heterocycles. The third-order valence-corrected chi connectivity index (χ3v) is 18.0. The number of thioether (sulfide) groups is 2. The van der Waals surface area contributed by atoms with Gasteiger partial charge in [-0.1, -0.05) is 60.7 Å². The minimum atomic E-state index is -3.57. The van der Waals surface area contributed by atoms with Crippen LogP contribution >= 0.6 is 23.5 Å². The van der Waals surface area contributed by atoms with Crippen LogP contribution in [0.2, 0.25) is 0 Å². The molecule has 6 aliphatic rings. The molecule has 340 valence electrons. The number of hydrogen-bond donors (Lipinski definition) is 7. The van der Waals surface area contributed by atoms with Gasteiger partial charge in [0, 0.05) is 9.49 Å². The van der Waals surface area contributed by atoms with Crippen molar-refractivity contribution in [2.24, 2.45) is 11.5 Å². The third kappa shape index (κ3) is 8.01. The number of nitrogens with two attached hydrogens (primary N) is 2. The zero-order valence-corrected chi connectivity index (χ0v) is 37.3. The van der Waals surface area contributed by atoms with E-state index in [2.05, 4.69) is 10.6 Å². The fourth-order valence-electron chi connectivity index (χ4n) is 8.63. The van der Waals surface area contributed by atoms with Crippen molar-refractivity contribution in [3.8, 4) is 0 Å². The highest BCUT2D eigenvalue weighted by atomic mass is 32.2. The molecule has 9 N–H and O–H groups in total. The lowest BCUT2D eigenvalue weighted by atomic mass is 9.95. The van der Waals surface area contributed by atoms with Crippen LogP contribution in [0.5, 0.6) is 0 Å². The zero-order chi connectivity index (χ0) is 46.9. The molecule has 10 atom stereocenters. The van der Waals surface area contributed by atoms with E-state index in [1.807, 2.05) is 12.1 Å². The Morgan fingerprint density at radius 3 is 1.29 bits per heavy atom. The molecule has 0 saturated carbocycles. The highest BCUT2D eigenvalue weighted by molar-refractivity contribution is 8.02. The fraction of sp³-hybridized carbons (Fsp3) is 0.500. The number of rotatable bonds is 9. The number of β-lactam (4-membered cyclic amide) rings is 3. The number of nitrogens with one attached hydrogen (secondary N) is 2. The number of carboxylic acid groups (broad SMARTS) is 3. The van der Waals surface area contributed by atoms with Gasteiger partial charge in [0.2, 0.25) is 29.5 Å². The Balaban J connectivity index is 0.000000162. The summed E-state index contributed by atoms with van der Waals surface area (Å²) < 4.78 is 21.1. The number of amides is 5. The first-order chi connectivity index (χ1) is 29.2. The molecule has 20 nitrogen and oxygen atoms in total. The SMILES string of the molecule is CC1(C)S[C@@H]2[C@H](NC(=O)[C@H](N)c3ccccc3)C(=O)N2[C@H]1C(=O)O.CC1(C)S[C@@H]2[C@H](NC(=O)[C@H](N)c3ccccc3)C(=O)N2[C@H]1C(=O)O.CC1(C)[C@H](C(=O)O)N2C(=O)C[C@H]2S1(=O)=O. The summed E-state index contributed by atoms with van der Waals surface area (Å²) in [5.74, 6) is -5.38. The molecule has 23 heteroatoms. The van der Waals surface area contributed by atoms with Crippen molar-refractivity contribution in [2.45, 2.75) is 121 Å². The van der Waals surface area contributed by atoms with E-state index in [0.29, 0.717) is 11.1 Å². The van der Waals surface area contributed by atoms with Gasteiger partial charge in [0.1, 0.15) is 58.4 Å². The monoisotopic (exact) mass is 931 g/mol. The molecular weight excluding hydrogens is 883 g/mol. The maximum absolute atomic E-state index is 12.3. The Kier molecular flexibility index (Phi) is 12.5. The highest BCUT2D eigenvalue weighted by Gasteiger charge is 2.68. The summed E-state index contributed by atoms with van der Waals surface area (Å²) in [6.45, 7) is 9.86. The Morgan fingerprint density at radius 2 is 0.984 bits per heavy atom. The predicted octanol–water partition coefficient (Wildman–Crippen LogP) is -0.159. The van der Waals surface area contributed by atoms with E-state index < -0.39 is 107 Å². The van der Waals surface area contributed by atoms with Crippen LogP contribution in [0, 0.1) is 0 Å². The molecule has 2 aromatic carbocycles. The second kappa shape index (κ2) is 16.7. The number of fused-ring (bicyclic) bond motifs is 3. The van der Waals surface area contributed by atoms with Crippen molar-refractivity contribution in [3.63, 3.8) is 0 Å². The van der Waals surface area contributed by atoms with Crippen LogP contribution in [0.4, 0.5) is 0 Å². The number of nitrogens with zero attached hydrogens (tertiary/aromatic N) is 3. The summed E-state index contributed by atoms with van der Waals surface area (Å²) in [7, 11) is -3.57. The van der Waals surface area contributed by atoms with Crippen molar-refractivity contribution in [3.05, 3.63) is 71.8 Å². The normalized spacial score (nSPS) is 30.4. The van der Waals surface area contributed by atoms with Crippen molar-refractivity contribution in [2.75, 3.05) is 0 Å². The highest BCUT2D eigenvalue weighted by Crippen LogP contribution is 2.52. The van der Waals surface area contributed by atoms with E-state index in [0.717, 1.165) is 4.90 Å². The lowest BCUT2D eigenvalue weighted by Gasteiger charge is -2.43. The quantitative estimate of drug-likeness (QED) is 0.161. The van der Waals surface area contributed by atoms with Gasteiger partial charge in [0.25, 0.3) is 0 Å². The Hall–Kier alpha value is -5.23. The summed E-state index contributed by atoms with van der Waals surface area (Å²) in [6, 6.07) is 11.5. The number of carbonyl (C=O) groups excluding carboxylic acids is 5. The smallest absolute Gasteiger partial charge is 0.328 e. The van der Waals surface area contributed by atoms with Crippen LogP contribution < -0.4 is 22.1 Å². The van der Waals surface area contributed by atoms with Crippen LogP contribution in [0.3, 0.4) is 0 Å². The minimum Gasteiger partial charge on any atom is -0.480 e. The van der Waals surface area contributed by atoms with Crippen molar-refractivity contribution >= 4 is 80.8 Å². The topological polar surface area (TPSA) is 317 Å². The third-order valence-electron chi connectivity index (χ3n) is 12.0. The van der Waals surface area contributed by atoms with Crippen LogP contribution in [0.25, 0.3) is 0 Å². The summed E-state index contributed by atoms with van der Waals surface area (Å²) in [4.78, 5) is 98.1. The molecule has 6 aliphatic heterocycles. The molecule has 0 aliphatic carbocycles. The molecule has 63 heavy (non-hydrogen) atoms. The van der Waals surface area contributed by atoms with Gasteiger partial charge in [0.05, 0.1) is 11.2 Å². The zero-order valence-electron chi connectivity index (χ0n) is 34.9. The largest absolute Gasteiger partial charge is 0.480 e. The second-order valence-corrected chi connectivity index (χ2v) is 23.5. The van der Waals surface area contributed by atoms with Gasteiger partial charge < -0.3 is 52.1 Å². The summed E-state index contributed by atoms with van der Waals surface area (Å²) in [5, 5.41) is 31.4. The van der Waals surface area contributed by atoms with Crippen LogP contribution in [-0.2, 0) is 48.2 Å². The van der Waals surface area contributed by atoms with Gasteiger partial charge >= 0.3 is 17.9 Å². The standard InChI is InChI=1S/2C16H19N3O4S.C8H11NO5S/c2*1-16(2)11(15(22)23)19-13(21)10(14(19)24-16)18-12(20)9(17)8-6-4-3-5-7-8;1-8(2)6(7(11)12)9-4(10)3-5(9)15(8,13)14/h2*3-7,9-11,14H,17H2,1-2H3,(H,18,20)(H,22,23);5-6H,3H2,1-2H3,(H,11,12)/t2*9-,10-,11+,14-;5-,6+/m111/s1. The lowest BCUT2D eigenvalue weighted by Crippen LogP contribution is -2.71. The number of sulfone groups is 1. The number of benzene rings is 2. The summed E-state index contributed by atoms with van der Waals surface area (Å²) >= 11 is 2.77. The van der Waals surface area contributed by atoms with E-state index in [9.17, 15) is 57.0 Å². The molecule has 0 unspecified atom stereocenters. The summed E-state index contributed by atoms with van der Waals surface area (Å²) in [6.07, 6.45) is -0.0878. The van der Waals surface area contributed by atoms with Crippen molar-refractivity contribution < 1.29 is 62.1 Å². The number of carboxylic acids is 3. The molecular formula is C40H49N7O13S3. The molecule has 0 bridgehead atoms. The predicted molar refractivity (Wildman–Crippen MR) is 228 cm³/mol. The second-order valence-electron chi connectivity index (χ2n) is 17.3. The van der Waals surface area contributed by atoms with E-state index in [-0.39, 0.29) is 29.0 Å². The molecule has 0 spiro atoms. The molecule has 0 aromatic heterocycles. The van der Waals surface area contributed by atoms with Gasteiger partial charge in [0.15, 0.2) is 9.84 Å². The van der Waals surface area contributed by atoms with Crippen LogP contribution in [0.1, 0.15) is 71.2 Å². The lowest BCUT2D eigenvalue weighted by molar-refractivity contribution is -0.161. The number of carbonyl (C=O) groups is 8. The first-order valence-corrected chi connectivity index (χ1v) is 22.9. The molecule has 5 amide bonds. The molecule has 2 aromatic rings. The average molecular weight is 932 g/mol. The fourth-order valence-corrected chi connectivity index (χ4v) is 14.0. The Labute approximate surface area is 370 Å². The maximum atomic E-state index is 12.3. The van der Waals surface area contributed by atoms with Gasteiger partial charge in [-0.05, 0) is 52.7 Å². The van der Waals surface area contributed by atoms with Crippen molar-refractivity contribution in [1.82, 2.24) is 25.3 Å². The first kappa shape index (κ1) is 47.3. The molecule has 6 saturated heterocycles. The van der Waals surface area contributed by atoms with Gasteiger partial charge in [-0.2, -0.15) is 0 Å². The summed E-state index contributed by atoms with van der Waals surface area (Å²) in [5.41, 5.74) is 13.2. The minimum absolute atomic E-state index is 0.0878. The van der Waals surface area contributed by atoms with Crippen LogP contribution in [-0.4, -0.2) is 146 Å². The van der Waals surface area contributed by atoms with E-state index in [1.165, 1.54) is 47.2 Å². The van der Waals surface area contributed by atoms with Crippen molar-refractivity contribution in [1.29, 1.82) is 0 Å². The number of hydrogen-bond acceptors (Lipinski definition) is 14. The van der Waals surface area contributed by atoms with Gasteiger partial charge in [-0.25, -0.2) is 22.8 Å². The molecule has 6 fully saturated rings. The Morgan fingerprint density at radius 1 is 0.635 bits per heavy atom. The van der Waals surface area contributed by atoms with Crippen LogP contribution in [0.15, 0.2) is 60.7 Å². The molecule has 0 radical (unpaired) electrons. The average Bonchev–Trinajstić information content (AvgIpc) is 3.68. The maximum Gasteiger partial charge on any atom is 0.328 e. The Bertz CT molecular complexity index is 2230. The first-order valence-electron chi connectivity index (χ1n) is 19.6. The van der Waals surface area contributed by atoms with Gasteiger partial charge in [-0.3, -0.25) is 24.0 Å². The van der Waals surface area contributed by atoms with E-state index in [1.54, 1.807) is 76.2 Å². The van der Waals surface area contributed by atoms with E-state index >= 15 is 0 Å².